The lowest BCUT2D eigenvalue weighted by molar-refractivity contribution is 0.0787. The van der Waals surface area contributed by atoms with E-state index >= 15 is 0 Å². The van der Waals surface area contributed by atoms with E-state index in [4.69, 9.17) is 5.11 Å². The molecule has 23 heavy (non-hydrogen) atoms. The van der Waals surface area contributed by atoms with Crippen molar-refractivity contribution in [1.82, 2.24) is 19.9 Å². The molecule has 1 aromatic heterocycles. The molecule has 1 saturated heterocycles. The van der Waals surface area contributed by atoms with Crippen molar-refractivity contribution in [3.63, 3.8) is 0 Å². The van der Waals surface area contributed by atoms with Gasteiger partial charge < -0.3 is 10.0 Å². The number of likely N-dealkylation sites (tertiary alicyclic amines) is 1. The summed E-state index contributed by atoms with van der Waals surface area (Å²) in [4.78, 5) is 14.5. The summed E-state index contributed by atoms with van der Waals surface area (Å²) in [7, 11) is 0. The van der Waals surface area contributed by atoms with E-state index in [9.17, 15) is 4.79 Å². The molecule has 3 rings (SSSR count). The van der Waals surface area contributed by atoms with E-state index < -0.39 is 0 Å². The summed E-state index contributed by atoms with van der Waals surface area (Å²) in [5.74, 6) is 0.522. The van der Waals surface area contributed by atoms with Crippen LogP contribution in [0.2, 0.25) is 0 Å². The minimum atomic E-state index is -0.114. The highest BCUT2D eigenvalue weighted by Gasteiger charge is 2.28. The second kappa shape index (κ2) is 6.50. The zero-order valence-corrected chi connectivity index (χ0v) is 13.5. The number of aromatic nitrogens is 3. The lowest BCUT2D eigenvalue weighted by Gasteiger charge is -2.17. The Balaban J connectivity index is 1.67. The van der Waals surface area contributed by atoms with Gasteiger partial charge in [0.05, 0.1) is 18.8 Å². The Bertz CT molecular complexity index is 678. The van der Waals surface area contributed by atoms with Crippen molar-refractivity contribution >= 4 is 5.91 Å². The Morgan fingerprint density at radius 2 is 2.09 bits per heavy atom. The predicted octanol–water partition coefficient (Wildman–Crippen LogP) is 1.98. The molecule has 1 unspecified atom stereocenters. The van der Waals surface area contributed by atoms with Crippen LogP contribution in [0.25, 0.3) is 0 Å². The number of nitrogens with zero attached hydrogens (tertiary/aromatic N) is 4. The Kier molecular flexibility index (Phi) is 4.43. The molecule has 2 aromatic rings. The van der Waals surface area contributed by atoms with Gasteiger partial charge in [0, 0.05) is 18.7 Å². The van der Waals surface area contributed by atoms with E-state index in [1.54, 1.807) is 10.9 Å². The highest BCUT2D eigenvalue weighted by Crippen LogP contribution is 2.23. The van der Waals surface area contributed by atoms with Crippen LogP contribution >= 0.6 is 0 Å². The Morgan fingerprint density at radius 3 is 2.70 bits per heavy atom. The summed E-state index contributed by atoms with van der Waals surface area (Å²) in [6, 6.07) is 7.99. The first kappa shape index (κ1) is 15.7. The number of carbonyl (C=O) groups is 1. The first-order chi connectivity index (χ1) is 11.1. The summed E-state index contributed by atoms with van der Waals surface area (Å²) in [6.45, 7) is 5.50. The maximum Gasteiger partial charge on any atom is 0.253 e. The molecule has 1 aliphatic rings. The van der Waals surface area contributed by atoms with Crippen LogP contribution in [-0.4, -0.2) is 44.0 Å². The van der Waals surface area contributed by atoms with Crippen LogP contribution in [0.5, 0.6) is 0 Å². The molecule has 0 saturated carbocycles. The molecular weight excluding hydrogens is 292 g/mol. The fourth-order valence-electron chi connectivity index (χ4n) is 2.90. The summed E-state index contributed by atoms with van der Waals surface area (Å²) in [5, 5.41) is 17.0. The molecule has 0 spiro atoms. The van der Waals surface area contributed by atoms with Gasteiger partial charge in [0.2, 0.25) is 0 Å². The van der Waals surface area contributed by atoms with Gasteiger partial charge in [-0.3, -0.25) is 4.79 Å². The normalized spacial score (nSPS) is 17.9. The molecule has 1 fully saturated rings. The van der Waals surface area contributed by atoms with Gasteiger partial charge in [-0.15, -0.1) is 5.10 Å². The number of aliphatic hydroxyl groups excluding tert-OH is 1. The summed E-state index contributed by atoms with van der Waals surface area (Å²) >= 11 is 0. The number of benzene rings is 1. The van der Waals surface area contributed by atoms with E-state index in [2.05, 4.69) is 24.2 Å². The second-order valence-corrected chi connectivity index (χ2v) is 6.32. The molecule has 0 bridgehead atoms. The highest BCUT2D eigenvalue weighted by atomic mass is 16.3. The van der Waals surface area contributed by atoms with Crippen LogP contribution in [0.1, 0.15) is 53.8 Å². The lowest BCUT2D eigenvalue weighted by Crippen LogP contribution is -2.29. The molecule has 1 atom stereocenters. The van der Waals surface area contributed by atoms with Crippen molar-refractivity contribution in [3.05, 3.63) is 47.3 Å². The molecule has 2 heterocycles. The van der Waals surface area contributed by atoms with E-state index in [1.807, 2.05) is 29.2 Å². The van der Waals surface area contributed by atoms with Gasteiger partial charge in [0.25, 0.3) is 5.91 Å². The fourth-order valence-corrected chi connectivity index (χ4v) is 2.90. The molecule has 6 nitrogen and oxygen atoms in total. The van der Waals surface area contributed by atoms with Crippen LogP contribution in [0.15, 0.2) is 30.5 Å². The fraction of sp³-hybridized carbons (Fsp3) is 0.471. The molecule has 0 radical (unpaired) electrons. The average molecular weight is 314 g/mol. The van der Waals surface area contributed by atoms with E-state index in [0.29, 0.717) is 24.7 Å². The lowest BCUT2D eigenvalue weighted by atomic mass is 10.0. The van der Waals surface area contributed by atoms with Crippen molar-refractivity contribution < 1.29 is 9.90 Å². The average Bonchev–Trinajstić information content (AvgIpc) is 3.23. The van der Waals surface area contributed by atoms with Gasteiger partial charge in [-0.05, 0) is 30.0 Å². The molecule has 1 aromatic carbocycles. The maximum atomic E-state index is 12.6. The van der Waals surface area contributed by atoms with E-state index in [1.165, 1.54) is 5.56 Å². The van der Waals surface area contributed by atoms with Crippen molar-refractivity contribution in [2.24, 2.45) is 0 Å². The number of hydrogen-bond donors (Lipinski definition) is 1. The predicted molar refractivity (Wildman–Crippen MR) is 86.0 cm³/mol. The number of aliphatic hydroxyl groups is 1. The zero-order valence-electron chi connectivity index (χ0n) is 13.5. The van der Waals surface area contributed by atoms with E-state index in [-0.39, 0.29) is 18.6 Å². The quantitative estimate of drug-likeness (QED) is 0.937. The van der Waals surface area contributed by atoms with Gasteiger partial charge in [0.15, 0.2) is 0 Å². The first-order valence-electron chi connectivity index (χ1n) is 7.99. The van der Waals surface area contributed by atoms with Crippen molar-refractivity contribution in [2.75, 3.05) is 13.1 Å². The Hall–Kier alpha value is -2.21. The van der Waals surface area contributed by atoms with E-state index in [0.717, 1.165) is 12.0 Å². The number of hydrogen-bond acceptors (Lipinski definition) is 4. The Morgan fingerprint density at radius 1 is 1.35 bits per heavy atom. The minimum Gasteiger partial charge on any atom is -0.390 e. The smallest absolute Gasteiger partial charge is 0.253 e. The van der Waals surface area contributed by atoms with Gasteiger partial charge in [0.1, 0.15) is 5.69 Å². The van der Waals surface area contributed by atoms with Crippen LogP contribution in [0, 0.1) is 0 Å². The summed E-state index contributed by atoms with van der Waals surface area (Å²) in [5.41, 5.74) is 2.52. The van der Waals surface area contributed by atoms with Crippen LogP contribution < -0.4 is 0 Å². The number of carbonyl (C=O) groups excluding carboxylic acids is 1. The largest absolute Gasteiger partial charge is 0.390 e. The maximum absolute atomic E-state index is 12.6. The summed E-state index contributed by atoms with van der Waals surface area (Å²) < 4.78 is 1.75. The standard InChI is InChI=1S/C17H22N4O2/c1-12(2)13-3-5-14(6-4-13)17(23)20-8-7-16(10-20)21-9-15(11-22)18-19-21/h3-6,9,12,16,22H,7-8,10-11H2,1-2H3. The molecule has 1 amide bonds. The van der Waals surface area contributed by atoms with Crippen molar-refractivity contribution in [3.8, 4) is 0 Å². The third-order valence-corrected chi connectivity index (χ3v) is 4.37. The zero-order chi connectivity index (χ0) is 16.4. The van der Waals surface area contributed by atoms with Crippen molar-refractivity contribution in [2.45, 2.75) is 38.8 Å². The molecule has 6 heteroatoms. The second-order valence-electron chi connectivity index (χ2n) is 6.32. The van der Waals surface area contributed by atoms with Gasteiger partial charge in [-0.25, -0.2) is 4.68 Å². The Labute approximate surface area is 135 Å². The molecule has 1 N–H and O–H groups in total. The third kappa shape index (κ3) is 3.27. The third-order valence-electron chi connectivity index (χ3n) is 4.37. The monoisotopic (exact) mass is 314 g/mol. The highest BCUT2D eigenvalue weighted by molar-refractivity contribution is 5.94. The number of rotatable bonds is 4. The van der Waals surface area contributed by atoms with Gasteiger partial charge in [-0.1, -0.05) is 31.2 Å². The van der Waals surface area contributed by atoms with Crippen molar-refractivity contribution in [1.29, 1.82) is 0 Å². The summed E-state index contributed by atoms with van der Waals surface area (Å²) in [6.07, 6.45) is 2.60. The van der Waals surface area contributed by atoms with Crippen LogP contribution in [-0.2, 0) is 6.61 Å². The van der Waals surface area contributed by atoms with Gasteiger partial charge >= 0.3 is 0 Å². The number of amides is 1. The molecule has 1 aliphatic heterocycles. The first-order valence-corrected chi connectivity index (χ1v) is 7.99. The van der Waals surface area contributed by atoms with Crippen LogP contribution in [0.4, 0.5) is 0 Å². The molecule has 0 aliphatic carbocycles. The topological polar surface area (TPSA) is 71.2 Å². The molecular formula is C17H22N4O2. The van der Waals surface area contributed by atoms with Gasteiger partial charge in [-0.2, -0.15) is 0 Å². The minimum absolute atomic E-state index is 0.0605. The SMILES string of the molecule is CC(C)c1ccc(C(=O)N2CCC(n3cc(CO)nn3)C2)cc1. The molecule has 122 valence electrons. The van der Waals surface area contributed by atoms with Crippen LogP contribution in [0.3, 0.4) is 0 Å².